The number of hydrogen-bond acceptors (Lipinski definition) is 31. The van der Waals surface area contributed by atoms with Crippen LogP contribution in [0.4, 0.5) is 63.2 Å². The molecular weight excluding hydrogens is 1950 g/mol. The minimum absolute atomic E-state index is 0.0775. The fourth-order valence-electron chi connectivity index (χ4n) is 24.5. The highest BCUT2D eigenvalue weighted by Crippen LogP contribution is 2.51. The first-order valence-corrected chi connectivity index (χ1v) is 57.0. The number of aliphatic hydroxyl groups excluding tert-OH is 1. The van der Waals surface area contributed by atoms with Crippen LogP contribution in [-0.2, 0) is 4.79 Å². The number of carbonyl (C=O) groups excluding carboxylic acids is 1. The van der Waals surface area contributed by atoms with E-state index in [1.165, 1.54) is 175 Å². The molecule has 0 spiro atoms. The second kappa shape index (κ2) is 51.6. The monoisotopic (exact) mass is 2090 g/mol. The number of halogens is 2. The van der Waals surface area contributed by atoms with E-state index < -0.39 is 0 Å². The first-order chi connectivity index (χ1) is 71.5. The number of Topliss-reactive ketones (excluding diaryl/α,β-unsaturated/α-hetero) is 1. The summed E-state index contributed by atoms with van der Waals surface area (Å²) in [5.41, 5.74) is 25.8. The zero-order valence-electron chi connectivity index (χ0n) is 85.0. The normalized spacial score (nSPS) is 24.9. The van der Waals surface area contributed by atoms with Crippen molar-refractivity contribution in [3.63, 3.8) is 0 Å². The Morgan fingerprint density at radius 3 is 1.41 bits per heavy atom. The number of nitro groups is 1. The van der Waals surface area contributed by atoms with E-state index in [0.29, 0.717) is 52.6 Å². The number of fused-ring (bicyclic) bond motifs is 12. The molecule has 37 heteroatoms. The van der Waals surface area contributed by atoms with Gasteiger partial charge in [-0.2, -0.15) is 35.1 Å². The summed E-state index contributed by atoms with van der Waals surface area (Å²) in [5, 5.41) is 54.9. The molecule has 4 aliphatic heterocycles. The van der Waals surface area contributed by atoms with E-state index in [9.17, 15) is 20.0 Å². The van der Waals surface area contributed by atoms with Gasteiger partial charge in [0.2, 0.25) is 34.6 Å². The third-order valence-electron chi connectivity index (χ3n) is 31.8. The van der Waals surface area contributed by atoms with Crippen LogP contribution >= 0.6 is 54.5 Å². The number of non-ortho nitro benzene ring substituents is 1. The molecule has 10 saturated carbocycles. The molecule has 14 fully saturated rings. The van der Waals surface area contributed by atoms with Crippen LogP contribution in [0.3, 0.4) is 0 Å². The second-order valence-corrected chi connectivity index (χ2v) is 44.7. The summed E-state index contributed by atoms with van der Waals surface area (Å²) in [6.45, 7) is 27.5. The van der Waals surface area contributed by atoms with Crippen molar-refractivity contribution in [2.45, 2.75) is 173 Å². The summed E-state index contributed by atoms with van der Waals surface area (Å²) in [4.78, 5) is 68.0. The number of nitriles is 2. The van der Waals surface area contributed by atoms with Crippen molar-refractivity contribution < 1.29 is 24.3 Å². The van der Waals surface area contributed by atoms with Crippen LogP contribution in [0.1, 0.15) is 146 Å². The number of ketones is 1. The third kappa shape index (κ3) is 28.2. The molecule has 0 amide bonds. The Labute approximate surface area is 883 Å². The molecule has 11 aromatic rings. The van der Waals surface area contributed by atoms with Crippen molar-refractivity contribution in [1.82, 2.24) is 60.0 Å². The molecule has 4 saturated heterocycles. The minimum Gasteiger partial charge on any atom is -0.443 e. The number of nitrogen functional groups attached to an aromatic ring is 3. The number of aliphatic imine (C=N–C) groups is 2. The summed E-state index contributed by atoms with van der Waals surface area (Å²) in [6.07, 6.45) is 31.0. The summed E-state index contributed by atoms with van der Waals surface area (Å²) in [5.74, 6) is 18.2. The zero-order chi connectivity index (χ0) is 102. The Bertz CT molecular complexity index is 6270. The number of amidine groups is 1. The topological polar surface area (TPSA) is 402 Å². The van der Waals surface area contributed by atoms with Gasteiger partial charge in [-0.15, -0.1) is 41.3 Å². The van der Waals surface area contributed by atoms with Gasteiger partial charge in [0.05, 0.1) is 37.1 Å². The largest absolute Gasteiger partial charge is 0.443 e. The van der Waals surface area contributed by atoms with Crippen LogP contribution < -0.4 is 67.8 Å². The fraction of sp³-hybridized carbons (Fsp3) is 0.500. The standard InChI is InChI=1S/C26H30ClN9S.C25H29N5O.C17H25N3.C10H13N3O2.C9H8N2O.C7H7ClN4S.C7H12O.C7H10O.C2H7P/c1-15-14-37-22-21(15)30-24(27)31-23(22)36-25(28)32-26(33-36)29-18-4-6-19(7-5-18)34-8-10-35(11-9-34)20-13-16-2-3-17(20)12-16;26-18-27-25(31-23-4-2-1-3-5-23)28-21-8-10-22(11-9-21)29-12-14-30(15-13-29)24-17-19-6-7-20(24)16-19;18-15-3-5-16(6-4-15)19-7-9-20(10-8-19)17-12-13-1-2-14(17)11-13;14-13(15)10-3-1-9(2-4-10)12-7-5-11-6-8-12;1-8(11-7-10)12-9-5-3-2-4-6-9;1-3-2-13-5-4(3)10-7(8)11-6(5)12-9;2*8-7-4-5-1-2-6(7)3-5;1-3-2/h4-7,14,16-17,20H,2-3,8-13H2,1H3,(H3,28,29,32,33);1-5,8-11,19-20,24H,6-7,12-17H2,(H,27,28);3-6,13-14,17H,1-2,7-12,18H2;1-4,11H,5-8H2;2-6H,1H3;2H,9H2,1H3,(H,10,11,12);5-8H,1-4H2;5-6H,1-4H2;3H,1-2H3/t16-,17+,20+;19-,20+,24+;13-,14+,17+;;;;5-,6+,7-;5-,6+;/m111...11./s1. The van der Waals surface area contributed by atoms with E-state index in [4.69, 9.17) is 60.5 Å². The van der Waals surface area contributed by atoms with Crippen molar-refractivity contribution >= 4 is 156 Å². The highest BCUT2D eigenvalue weighted by atomic mass is 35.5. The number of benzene rings is 6. The number of aromatic nitrogens is 7. The zero-order valence-corrected chi connectivity index (χ0v) is 89.1. The molecule has 14 atom stereocenters. The molecule has 5 aromatic heterocycles. The fourth-order valence-corrected chi connectivity index (χ4v) is 26.7. The molecular formula is C110H141Cl2N26O6PS2. The van der Waals surface area contributed by atoms with Crippen molar-refractivity contribution in [1.29, 1.82) is 10.5 Å². The Morgan fingerprint density at radius 2 is 0.993 bits per heavy atom. The summed E-state index contributed by atoms with van der Waals surface area (Å²) >= 11 is 15.0. The number of nitrogens with one attached hydrogen (secondary N) is 4. The molecule has 6 aromatic carbocycles. The number of carbonyl (C=O) groups is 1. The number of piperazine rings is 4. The summed E-state index contributed by atoms with van der Waals surface area (Å²) < 4.78 is 14.2. The van der Waals surface area contributed by atoms with E-state index in [1.54, 1.807) is 48.7 Å². The quantitative estimate of drug-likeness (QED) is 0.00451. The maximum absolute atomic E-state index is 10.8. The molecule has 0 unspecified atom stereocenters. The van der Waals surface area contributed by atoms with Crippen LogP contribution in [0.15, 0.2) is 178 Å². The number of nitrogens with two attached hydrogens (primary N) is 3. The minimum atomic E-state index is -0.373. The molecule has 11 N–H and O–H groups in total. The number of anilines is 9. The lowest BCUT2D eigenvalue weighted by Crippen LogP contribution is -2.51. The number of aryl methyl sites for hydroxylation is 2. The molecule has 25 rings (SSSR count). The summed E-state index contributed by atoms with van der Waals surface area (Å²) in [6, 6.07) is 53.0. The SMILES string of the molecule is CC(=NC#N)Oc1ccccc1.CPC.Cc1csc2c(-n3nc(Nc4ccc(N5CCN([C@H]6C[C@@H]7CC[C@H]6C7)CC5)cc4)nc3N)nc(Cl)nc12.Cc1csc2c(NN)nc(Cl)nc12.N#CNC(=Nc1ccc(N2CCN([C@H]3C[C@@H]4CC[C@H]3C4)CC2)cc1)Oc1ccccc1.Nc1ccc(N2CCN([C@H]3C[C@@H]4CC[C@H]3C4)CC2)cc1.O=C1C[C@@H]2CC[C@H]1C2.O=[N+]([O-])c1ccc(N2CCNCC2)cc1.O[C@@H]1C[C@@H]2CC[C@H]1C2. The summed E-state index contributed by atoms with van der Waals surface area (Å²) in [7, 11) is 1.08. The average molecular weight is 2090 g/mol. The second-order valence-electron chi connectivity index (χ2n) is 41.3. The van der Waals surface area contributed by atoms with Crippen molar-refractivity contribution in [2.24, 2.45) is 75.0 Å². The first kappa shape index (κ1) is 107. The molecule has 14 aliphatic rings. The molecule has 778 valence electrons. The van der Waals surface area contributed by atoms with Gasteiger partial charge in [-0.1, -0.05) is 55.7 Å². The lowest BCUT2D eigenvalue weighted by Gasteiger charge is -2.41. The first-order valence-electron chi connectivity index (χ1n) is 52.5. The van der Waals surface area contributed by atoms with E-state index in [1.807, 2.05) is 116 Å². The van der Waals surface area contributed by atoms with Crippen LogP contribution in [0.2, 0.25) is 10.6 Å². The number of nitro benzene ring substituents is 1. The van der Waals surface area contributed by atoms with Crippen LogP contribution in [0.5, 0.6) is 11.5 Å². The highest BCUT2D eigenvalue weighted by Gasteiger charge is 2.47. The number of para-hydroxylation sites is 2. The van der Waals surface area contributed by atoms with Gasteiger partial charge >= 0.3 is 6.02 Å². The molecule has 10 bridgehead atoms. The molecule has 0 radical (unpaired) electrons. The molecule has 10 aliphatic carbocycles. The van der Waals surface area contributed by atoms with Gasteiger partial charge in [0.1, 0.15) is 17.3 Å². The predicted octanol–water partition coefficient (Wildman–Crippen LogP) is 20.0. The Kier molecular flexibility index (Phi) is 37.5. The number of rotatable bonds is 15. The Balaban J connectivity index is 0.000000121. The van der Waals surface area contributed by atoms with Gasteiger partial charge in [0, 0.05) is 188 Å². The Hall–Kier alpha value is -11.5. The lowest BCUT2D eigenvalue weighted by atomic mass is 9.93. The van der Waals surface area contributed by atoms with Crippen LogP contribution in [0.25, 0.3) is 26.3 Å². The third-order valence-corrected chi connectivity index (χ3v) is 34.3. The van der Waals surface area contributed by atoms with Gasteiger partial charge < -0.3 is 61.7 Å². The van der Waals surface area contributed by atoms with Crippen molar-refractivity contribution in [2.75, 3.05) is 160 Å². The number of aliphatic hydroxyl groups is 1. The van der Waals surface area contributed by atoms with Crippen molar-refractivity contribution in [3.05, 3.63) is 200 Å². The number of nitrogens with zero attached hydrogens (tertiary/aromatic N) is 19. The van der Waals surface area contributed by atoms with Crippen molar-refractivity contribution in [3.8, 4) is 29.7 Å². The maximum atomic E-state index is 10.8. The van der Waals surface area contributed by atoms with E-state index in [2.05, 4.69) is 158 Å². The average Bonchev–Trinajstić information content (AvgIpc) is 1.62. The van der Waals surface area contributed by atoms with E-state index in [-0.39, 0.29) is 39.3 Å². The van der Waals surface area contributed by atoms with Gasteiger partial charge in [0.15, 0.2) is 17.8 Å². The Morgan fingerprint density at radius 1 is 0.544 bits per heavy atom. The molecule has 147 heavy (non-hydrogen) atoms. The van der Waals surface area contributed by atoms with Gasteiger partial charge in [-0.05, 0) is 337 Å². The lowest BCUT2D eigenvalue weighted by molar-refractivity contribution is -0.384. The van der Waals surface area contributed by atoms with E-state index in [0.717, 1.165) is 220 Å². The number of ether oxygens (including phenoxy) is 2. The smallest absolute Gasteiger partial charge is 0.309 e. The maximum Gasteiger partial charge on any atom is 0.309 e. The molecule has 32 nitrogen and oxygen atoms in total. The van der Waals surface area contributed by atoms with Gasteiger partial charge in [0.25, 0.3) is 5.69 Å². The number of hydrazine groups is 1. The number of hydrogen-bond donors (Lipinski definition) is 8. The number of thiophene rings is 2. The van der Waals surface area contributed by atoms with E-state index >= 15 is 0 Å². The van der Waals surface area contributed by atoms with Crippen LogP contribution in [0, 0.1) is 106 Å². The van der Waals surface area contributed by atoms with Gasteiger partial charge in [-0.3, -0.25) is 29.6 Å². The molecule has 9 heterocycles. The predicted molar refractivity (Wildman–Crippen MR) is 597 cm³/mol. The highest BCUT2D eigenvalue weighted by molar-refractivity contribution is 7.35. The van der Waals surface area contributed by atoms with Gasteiger partial charge in [-0.25, -0.2) is 21.1 Å². The van der Waals surface area contributed by atoms with Crippen LogP contribution in [-0.4, -0.2) is 219 Å².